The summed E-state index contributed by atoms with van der Waals surface area (Å²) in [6, 6.07) is -1.14. The quantitative estimate of drug-likeness (QED) is 0.720. The highest BCUT2D eigenvalue weighted by atomic mass is 16.6. The Labute approximate surface area is 99.6 Å². The maximum atomic E-state index is 11.5. The summed E-state index contributed by atoms with van der Waals surface area (Å²) in [6.07, 6.45) is 1.89. The summed E-state index contributed by atoms with van der Waals surface area (Å²) in [5.41, 5.74) is -0.667. The van der Waals surface area contributed by atoms with Crippen molar-refractivity contribution in [3.63, 3.8) is 0 Å². The number of carboxylic acids is 1. The van der Waals surface area contributed by atoms with Crippen LogP contribution in [0.2, 0.25) is 0 Å². The molecule has 0 radical (unpaired) electrons. The van der Waals surface area contributed by atoms with Crippen molar-refractivity contribution in [1.29, 1.82) is 0 Å². The van der Waals surface area contributed by atoms with E-state index in [-0.39, 0.29) is 0 Å². The molecule has 0 aliphatic carbocycles. The molecular weight excluding hydrogens is 226 g/mol. The maximum Gasteiger partial charge on any atom is 0.408 e. The molecule has 96 valence electrons. The van der Waals surface area contributed by atoms with Crippen LogP contribution in [0.3, 0.4) is 0 Å². The molecule has 0 bridgehead atoms. The summed E-state index contributed by atoms with van der Waals surface area (Å²) in [6.45, 7) is 5.46. The van der Waals surface area contributed by atoms with Crippen molar-refractivity contribution in [1.82, 2.24) is 5.32 Å². The minimum absolute atomic E-state index is 0.352. The maximum absolute atomic E-state index is 11.5. The Hall–Kier alpha value is -1.56. The van der Waals surface area contributed by atoms with Crippen molar-refractivity contribution in [2.75, 3.05) is 6.61 Å². The van der Waals surface area contributed by atoms with Gasteiger partial charge in [0.25, 0.3) is 0 Å². The molecule has 0 spiro atoms. The second-order valence-corrected chi connectivity index (χ2v) is 4.69. The van der Waals surface area contributed by atoms with Crippen LogP contribution in [0, 0.1) is 0 Å². The number of hydrogen-bond donors (Lipinski definition) is 2. The average Bonchev–Trinajstić information content (AvgIpc) is 2.63. The lowest BCUT2D eigenvalue weighted by Gasteiger charge is -2.23. The predicted molar refractivity (Wildman–Crippen MR) is 59.7 cm³/mol. The molecule has 2 N–H and O–H groups in total. The minimum Gasteiger partial charge on any atom is -0.480 e. The predicted octanol–water partition coefficient (Wildman–Crippen LogP) is 0.919. The number of alkyl carbamates (subject to hydrolysis) is 1. The van der Waals surface area contributed by atoms with Crippen LogP contribution in [-0.2, 0) is 14.3 Å². The van der Waals surface area contributed by atoms with E-state index < -0.39 is 29.8 Å². The number of carbonyl (C=O) groups is 2. The number of carbonyl (C=O) groups excluding carboxylic acids is 1. The molecule has 0 saturated heterocycles. The first-order valence-electron chi connectivity index (χ1n) is 5.30. The Bertz CT molecular complexity index is 331. The summed E-state index contributed by atoms with van der Waals surface area (Å²) in [7, 11) is 0. The van der Waals surface area contributed by atoms with Crippen LogP contribution >= 0.6 is 0 Å². The van der Waals surface area contributed by atoms with E-state index in [1.165, 1.54) is 0 Å². The molecule has 0 aromatic heterocycles. The summed E-state index contributed by atoms with van der Waals surface area (Å²) in [5, 5.41) is 11.3. The van der Waals surface area contributed by atoms with Crippen molar-refractivity contribution in [3.05, 3.63) is 12.2 Å². The van der Waals surface area contributed by atoms with E-state index in [9.17, 15) is 9.59 Å². The fourth-order valence-corrected chi connectivity index (χ4v) is 1.34. The van der Waals surface area contributed by atoms with E-state index >= 15 is 0 Å². The van der Waals surface area contributed by atoms with Crippen molar-refractivity contribution < 1.29 is 24.2 Å². The second kappa shape index (κ2) is 5.18. The Morgan fingerprint density at radius 1 is 1.53 bits per heavy atom. The lowest BCUT2D eigenvalue weighted by atomic mass is 10.1. The van der Waals surface area contributed by atoms with Crippen molar-refractivity contribution in [2.24, 2.45) is 0 Å². The molecule has 17 heavy (non-hydrogen) atoms. The van der Waals surface area contributed by atoms with Gasteiger partial charge in [0, 0.05) is 0 Å². The number of amides is 1. The molecule has 0 unspecified atom stereocenters. The highest BCUT2D eigenvalue weighted by Gasteiger charge is 2.31. The van der Waals surface area contributed by atoms with Gasteiger partial charge in [-0.3, -0.25) is 0 Å². The van der Waals surface area contributed by atoms with Crippen LogP contribution in [0.4, 0.5) is 4.79 Å². The Kier molecular flexibility index (Phi) is 4.11. The smallest absolute Gasteiger partial charge is 0.408 e. The Morgan fingerprint density at radius 2 is 2.18 bits per heavy atom. The Morgan fingerprint density at radius 3 is 2.59 bits per heavy atom. The first-order valence-corrected chi connectivity index (χ1v) is 5.30. The van der Waals surface area contributed by atoms with Gasteiger partial charge >= 0.3 is 12.1 Å². The van der Waals surface area contributed by atoms with Gasteiger partial charge in [0.1, 0.15) is 11.7 Å². The van der Waals surface area contributed by atoms with Crippen molar-refractivity contribution in [2.45, 2.75) is 38.5 Å². The SMILES string of the molecule is CC(C)(C)OC(=O)N[C@@H](C(=O)O)[C@@H]1C=CCO1. The summed E-state index contributed by atoms with van der Waals surface area (Å²) < 4.78 is 10.1. The summed E-state index contributed by atoms with van der Waals surface area (Å²) in [4.78, 5) is 22.5. The van der Waals surface area contributed by atoms with Gasteiger partial charge in [0.2, 0.25) is 0 Å². The zero-order chi connectivity index (χ0) is 13.1. The number of ether oxygens (including phenoxy) is 2. The molecule has 1 aliphatic heterocycles. The minimum atomic E-state index is -1.16. The highest BCUT2D eigenvalue weighted by Crippen LogP contribution is 2.11. The molecule has 1 heterocycles. The van der Waals surface area contributed by atoms with Gasteiger partial charge in [-0.2, -0.15) is 0 Å². The molecule has 0 aromatic carbocycles. The van der Waals surface area contributed by atoms with E-state index in [1.54, 1.807) is 32.9 Å². The first kappa shape index (κ1) is 13.5. The van der Waals surface area contributed by atoms with Crippen LogP contribution in [0.25, 0.3) is 0 Å². The third kappa shape index (κ3) is 4.44. The standard InChI is InChI=1S/C11H17NO5/c1-11(2,3)17-10(15)12-8(9(13)14)7-5-4-6-16-7/h4-5,7-8H,6H2,1-3H3,(H,12,15)(H,13,14)/t7-,8+/m0/s1. The van der Waals surface area contributed by atoms with E-state index in [0.29, 0.717) is 6.61 Å². The van der Waals surface area contributed by atoms with Crippen LogP contribution in [0.1, 0.15) is 20.8 Å². The molecule has 1 aliphatic rings. The van der Waals surface area contributed by atoms with Gasteiger partial charge in [0.15, 0.2) is 6.04 Å². The number of aliphatic carboxylic acids is 1. The van der Waals surface area contributed by atoms with Gasteiger partial charge in [-0.05, 0) is 20.8 Å². The van der Waals surface area contributed by atoms with Gasteiger partial charge in [-0.25, -0.2) is 9.59 Å². The topological polar surface area (TPSA) is 84.9 Å². The fourth-order valence-electron chi connectivity index (χ4n) is 1.34. The number of carboxylic acid groups (broad SMARTS) is 1. The van der Waals surface area contributed by atoms with E-state index in [4.69, 9.17) is 14.6 Å². The molecule has 1 rings (SSSR count). The average molecular weight is 243 g/mol. The van der Waals surface area contributed by atoms with Crippen molar-refractivity contribution >= 4 is 12.1 Å². The van der Waals surface area contributed by atoms with Gasteiger partial charge in [0.05, 0.1) is 6.61 Å². The zero-order valence-electron chi connectivity index (χ0n) is 10.1. The lowest BCUT2D eigenvalue weighted by molar-refractivity contribution is -0.142. The molecule has 0 fully saturated rings. The summed E-state index contributed by atoms with van der Waals surface area (Å²) in [5.74, 6) is -1.16. The fraction of sp³-hybridized carbons (Fsp3) is 0.636. The molecule has 6 nitrogen and oxygen atoms in total. The Balaban J connectivity index is 2.58. The van der Waals surface area contributed by atoms with Crippen LogP contribution in [0.5, 0.6) is 0 Å². The second-order valence-electron chi connectivity index (χ2n) is 4.69. The first-order chi connectivity index (χ1) is 7.79. The molecular formula is C11H17NO5. The molecule has 6 heteroatoms. The van der Waals surface area contributed by atoms with E-state index in [0.717, 1.165) is 0 Å². The lowest BCUT2D eigenvalue weighted by Crippen LogP contribution is -2.49. The number of hydrogen-bond acceptors (Lipinski definition) is 4. The van der Waals surface area contributed by atoms with Crippen LogP contribution in [-0.4, -0.2) is 41.5 Å². The highest BCUT2D eigenvalue weighted by molar-refractivity contribution is 5.81. The largest absolute Gasteiger partial charge is 0.480 e. The normalized spacial score (nSPS) is 21.0. The molecule has 0 aromatic rings. The zero-order valence-corrected chi connectivity index (χ0v) is 10.1. The number of rotatable bonds is 3. The van der Waals surface area contributed by atoms with Gasteiger partial charge in [-0.1, -0.05) is 12.2 Å². The van der Waals surface area contributed by atoms with Crippen molar-refractivity contribution in [3.8, 4) is 0 Å². The molecule has 2 atom stereocenters. The molecule has 1 amide bonds. The third-order valence-corrected chi connectivity index (χ3v) is 1.98. The van der Waals surface area contributed by atoms with E-state index in [2.05, 4.69) is 5.32 Å². The number of nitrogens with one attached hydrogen (secondary N) is 1. The van der Waals surface area contributed by atoms with Gasteiger partial charge < -0.3 is 19.9 Å². The van der Waals surface area contributed by atoms with Crippen LogP contribution < -0.4 is 5.32 Å². The summed E-state index contributed by atoms with van der Waals surface area (Å²) >= 11 is 0. The monoisotopic (exact) mass is 243 g/mol. The molecule has 0 saturated carbocycles. The van der Waals surface area contributed by atoms with Gasteiger partial charge in [-0.15, -0.1) is 0 Å². The van der Waals surface area contributed by atoms with E-state index in [1.807, 2.05) is 0 Å². The van der Waals surface area contributed by atoms with Crippen LogP contribution in [0.15, 0.2) is 12.2 Å². The third-order valence-electron chi connectivity index (χ3n) is 1.98.